The van der Waals surface area contributed by atoms with Gasteiger partial charge in [0.15, 0.2) is 0 Å². The molecule has 1 amide bonds. The molecule has 1 saturated carbocycles. The van der Waals surface area contributed by atoms with Crippen LogP contribution < -0.4 is 16.3 Å². The lowest BCUT2D eigenvalue weighted by Crippen LogP contribution is -2.44. The zero-order valence-electron chi connectivity index (χ0n) is 29.2. The number of hydrogen-bond donors (Lipinski definition) is 6. The number of ether oxygens (including phenoxy) is 1. The van der Waals surface area contributed by atoms with Gasteiger partial charge in [0.1, 0.15) is 5.75 Å². The van der Waals surface area contributed by atoms with E-state index in [9.17, 15) is 29.7 Å². The average molecular weight is 748 g/mol. The zero-order chi connectivity index (χ0) is 36.8. The fraction of sp³-hybridized carbons (Fsp3) is 0.395. The van der Waals surface area contributed by atoms with Crippen molar-refractivity contribution in [3.63, 3.8) is 0 Å². The van der Waals surface area contributed by atoms with Gasteiger partial charge in [-0.05, 0) is 104 Å². The van der Waals surface area contributed by atoms with Crippen molar-refractivity contribution in [2.75, 3.05) is 25.5 Å². The minimum Gasteiger partial charge on any atom is -0.506 e. The number of carbonyl (C=O) groups excluding carboxylic acids is 1. The first-order valence-corrected chi connectivity index (χ1v) is 19.2. The van der Waals surface area contributed by atoms with Gasteiger partial charge in [-0.25, -0.2) is 9.59 Å². The molecule has 1 aliphatic carbocycles. The molecule has 12 nitrogen and oxygen atoms in total. The number of aromatic hydroxyl groups is 1. The summed E-state index contributed by atoms with van der Waals surface area (Å²) in [5.74, 6) is -1.38. The number of aliphatic carboxylic acids is 1. The first-order chi connectivity index (χ1) is 25.0. The zero-order valence-corrected chi connectivity index (χ0v) is 30.8. The highest BCUT2D eigenvalue weighted by molar-refractivity contribution is 7.12. The van der Waals surface area contributed by atoms with Gasteiger partial charge in [0.2, 0.25) is 11.5 Å². The standard InChI is InChI=1S/C38H45N5O7S2/c1-24(44)40-30-21-26(9-15-32(30)45)33(46)23-39-22-25-8-14-31-29(20-25)41-37(49)43(31)17-5-16-42(2)27-10-12-28(13-11-27)50-38(36(47)48,34-6-3-18-51-34)35-7-4-19-52-35/h3-4,6-9,14-15,18-21,27-28,33,39,45-46H,5,10-13,16-17,22-23H2,1-2H3,(H,40,44)(H,41,49)(H,47,48)/t27?,28?,33-/m0/s1. The van der Waals surface area contributed by atoms with Crippen LogP contribution in [-0.2, 0) is 33.0 Å². The lowest BCUT2D eigenvalue weighted by atomic mass is 9.90. The van der Waals surface area contributed by atoms with Gasteiger partial charge in [-0.2, -0.15) is 0 Å². The number of nitrogens with one attached hydrogen (secondary N) is 3. The van der Waals surface area contributed by atoms with E-state index in [-0.39, 0.29) is 35.7 Å². The summed E-state index contributed by atoms with van der Waals surface area (Å²) in [6.07, 6.45) is 3.12. The van der Waals surface area contributed by atoms with Gasteiger partial charge in [-0.3, -0.25) is 9.36 Å². The smallest absolute Gasteiger partial charge is 0.347 e. The molecule has 0 bridgehead atoms. The van der Waals surface area contributed by atoms with E-state index in [1.807, 2.05) is 53.2 Å². The van der Waals surface area contributed by atoms with Crippen LogP contribution in [0.3, 0.4) is 0 Å². The van der Waals surface area contributed by atoms with Crippen molar-refractivity contribution in [3.05, 3.63) is 103 Å². The maximum absolute atomic E-state index is 12.9. The molecule has 2 aromatic carbocycles. The average Bonchev–Trinajstić information content (AvgIpc) is 3.91. The fourth-order valence-corrected chi connectivity index (χ4v) is 8.84. The third-order valence-corrected chi connectivity index (χ3v) is 11.7. The molecule has 0 spiro atoms. The van der Waals surface area contributed by atoms with E-state index in [1.54, 1.807) is 16.7 Å². The second-order valence-corrected chi connectivity index (χ2v) is 15.3. The maximum Gasteiger partial charge on any atom is 0.347 e. The Labute approximate surface area is 309 Å². The van der Waals surface area contributed by atoms with Gasteiger partial charge < -0.3 is 40.6 Å². The number of carboxylic acid groups (broad SMARTS) is 1. The minimum atomic E-state index is -1.49. The van der Waals surface area contributed by atoms with Crippen LogP contribution >= 0.6 is 22.7 Å². The third kappa shape index (κ3) is 8.33. The molecular formula is C38H45N5O7S2. The van der Waals surface area contributed by atoms with Gasteiger partial charge >= 0.3 is 11.7 Å². The number of benzene rings is 2. The normalized spacial score (nSPS) is 17.1. The number of aromatic nitrogens is 2. The number of rotatable bonds is 16. The highest BCUT2D eigenvalue weighted by atomic mass is 32.1. The topological polar surface area (TPSA) is 169 Å². The Hall–Kier alpha value is -4.31. The SMILES string of the molecule is CC(=O)Nc1cc([C@@H](O)CNCc2ccc3c(c2)[nH]c(=O)n3CCCN(C)C2CCC(OC(C(=O)O)(c3cccs3)c3cccs3)CC2)ccc1O. The second-order valence-electron chi connectivity index (χ2n) is 13.4. The van der Waals surface area contributed by atoms with Crippen molar-refractivity contribution < 1.29 is 29.6 Å². The summed E-state index contributed by atoms with van der Waals surface area (Å²) in [5, 5.41) is 40.6. The van der Waals surface area contributed by atoms with Crippen molar-refractivity contribution in [1.29, 1.82) is 0 Å². The van der Waals surface area contributed by atoms with Crippen molar-refractivity contribution in [3.8, 4) is 5.75 Å². The van der Waals surface area contributed by atoms with E-state index in [0.717, 1.165) is 55.2 Å². The number of phenolic OH excluding ortho intramolecular Hbond substituents is 1. The Bertz CT molecular complexity index is 1980. The second kappa shape index (κ2) is 16.6. The largest absolute Gasteiger partial charge is 0.506 e. The Morgan fingerprint density at radius 3 is 2.40 bits per heavy atom. The molecule has 3 heterocycles. The van der Waals surface area contributed by atoms with Crippen LogP contribution in [0.1, 0.15) is 66.0 Å². The number of amides is 1. The van der Waals surface area contributed by atoms with Crippen molar-refractivity contribution >= 4 is 51.3 Å². The van der Waals surface area contributed by atoms with E-state index >= 15 is 0 Å². The number of nitrogens with zero attached hydrogens (tertiary/aromatic N) is 2. The van der Waals surface area contributed by atoms with Crippen LogP contribution in [0.15, 0.2) is 76.2 Å². The van der Waals surface area contributed by atoms with Gasteiger partial charge in [-0.15, -0.1) is 22.7 Å². The number of aliphatic hydroxyl groups excluding tert-OH is 1. The van der Waals surface area contributed by atoms with E-state index in [4.69, 9.17) is 4.74 Å². The van der Waals surface area contributed by atoms with Crippen LogP contribution in [-0.4, -0.2) is 73.9 Å². The van der Waals surface area contributed by atoms with Crippen LogP contribution in [0, 0.1) is 0 Å². The van der Waals surface area contributed by atoms with Crippen molar-refractivity contribution in [2.24, 2.45) is 0 Å². The summed E-state index contributed by atoms with van der Waals surface area (Å²) in [4.78, 5) is 43.8. The number of aromatic amines is 1. The molecule has 6 N–H and O–H groups in total. The Morgan fingerprint density at radius 1 is 1.06 bits per heavy atom. The maximum atomic E-state index is 12.9. The number of thiophene rings is 2. The summed E-state index contributed by atoms with van der Waals surface area (Å²) < 4.78 is 8.32. The number of aliphatic hydroxyl groups is 1. The summed E-state index contributed by atoms with van der Waals surface area (Å²) in [6, 6.07) is 18.2. The molecule has 52 heavy (non-hydrogen) atoms. The molecule has 0 saturated heterocycles. The number of carboxylic acids is 1. The van der Waals surface area contributed by atoms with Gasteiger partial charge in [0, 0.05) is 32.6 Å². The molecule has 5 aromatic rings. The number of fused-ring (bicyclic) bond motifs is 1. The highest BCUT2D eigenvalue weighted by Gasteiger charge is 2.48. The van der Waals surface area contributed by atoms with E-state index in [2.05, 4.69) is 27.6 Å². The van der Waals surface area contributed by atoms with Crippen LogP contribution in [0.4, 0.5) is 5.69 Å². The molecule has 6 rings (SSSR count). The van der Waals surface area contributed by atoms with Crippen LogP contribution in [0.2, 0.25) is 0 Å². The number of H-pyrrole nitrogens is 1. The van der Waals surface area contributed by atoms with Crippen LogP contribution in [0.25, 0.3) is 11.0 Å². The Kier molecular flexibility index (Phi) is 11.9. The van der Waals surface area contributed by atoms with Crippen molar-refractivity contribution in [1.82, 2.24) is 19.8 Å². The van der Waals surface area contributed by atoms with Gasteiger partial charge in [-0.1, -0.05) is 24.3 Å². The first-order valence-electron chi connectivity index (χ1n) is 17.4. The summed E-state index contributed by atoms with van der Waals surface area (Å²) in [7, 11) is 2.11. The summed E-state index contributed by atoms with van der Waals surface area (Å²) in [6.45, 7) is 3.45. The molecule has 1 aliphatic rings. The number of phenols is 1. The van der Waals surface area contributed by atoms with Gasteiger partial charge in [0.05, 0.1) is 38.7 Å². The molecule has 1 fully saturated rings. The number of aryl methyl sites for hydroxylation is 1. The van der Waals surface area contributed by atoms with Crippen LogP contribution in [0.5, 0.6) is 5.75 Å². The fourth-order valence-electron chi connectivity index (χ4n) is 7.04. The number of carbonyl (C=O) groups is 2. The van der Waals surface area contributed by atoms with E-state index < -0.39 is 17.7 Å². The monoisotopic (exact) mass is 747 g/mol. The summed E-state index contributed by atoms with van der Waals surface area (Å²) >= 11 is 2.81. The quantitative estimate of drug-likeness (QED) is 0.0702. The summed E-state index contributed by atoms with van der Waals surface area (Å²) in [5.41, 5.74) is 1.68. The minimum absolute atomic E-state index is 0.0730. The third-order valence-electron chi connectivity index (χ3n) is 9.76. The molecule has 1 atom stereocenters. The lowest BCUT2D eigenvalue weighted by molar-refractivity contribution is -0.170. The molecule has 0 unspecified atom stereocenters. The number of anilines is 1. The predicted molar refractivity (Wildman–Crippen MR) is 203 cm³/mol. The number of hydrogen-bond acceptors (Lipinski definition) is 10. The molecule has 0 aliphatic heterocycles. The first kappa shape index (κ1) is 37.4. The molecular weight excluding hydrogens is 703 g/mol. The molecule has 3 aromatic heterocycles. The predicted octanol–water partition coefficient (Wildman–Crippen LogP) is 5.62. The molecule has 14 heteroatoms. The van der Waals surface area contributed by atoms with E-state index in [1.165, 1.54) is 35.7 Å². The van der Waals surface area contributed by atoms with E-state index in [0.29, 0.717) is 34.4 Å². The molecule has 0 radical (unpaired) electrons. The Balaban J connectivity index is 0.982. The molecule has 276 valence electrons. The Morgan fingerprint density at radius 2 is 1.77 bits per heavy atom. The highest BCUT2D eigenvalue weighted by Crippen LogP contribution is 2.42. The van der Waals surface area contributed by atoms with Gasteiger partial charge in [0.25, 0.3) is 0 Å². The lowest BCUT2D eigenvalue weighted by Gasteiger charge is -2.38. The van der Waals surface area contributed by atoms with Crippen molar-refractivity contribution in [2.45, 2.75) is 76.0 Å². The number of imidazole rings is 1.